The number of likely N-dealkylation sites (tertiary alicyclic amines) is 1. The Labute approximate surface area is 243 Å². The van der Waals surface area contributed by atoms with E-state index >= 15 is 0 Å². The van der Waals surface area contributed by atoms with Crippen LogP contribution in [0.3, 0.4) is 0 Å². The molecular weight excluding hydrogens is 537 g/mol. The van der Waals surface area contributed by atoms with Crippen LogP contribution in [-0.2, 0) is 17.6 Å². The van der Waals surface area contributed by atoms with Crippen molar-refractivity contribution < 1.29 is 28.2 Å². The number of ketones is 2. The third-order valence-corrected chi connectivity index (χ3v) is 6.90. The molecule has 0 saturated carbocycles. The number of rotatable bonds is 10. The van der Waals surface area contributed by atoms with Crippen LogP contribution in [0.1, 0.15) is 51.7 Å². The fourth-order valence-electron chi connectivity index (χ4n) is 4.69. The molecule has 0 radical (unpaired) electrons. The number of Topliss-reactive ketones (excluding diaryl/α,β-unsaturated/α-hetero) is 2. The lowest BCUT2D eigenvalue weighted by atomic mass is 10.1. The molecule has 1 amide bonds. The quantitative estimate of drug-likeness (QED) is 0.229. The molecule has 0 N–H and O–H groups in total. The number of aromatic nitrogens is 2. The Morgan fingerprint density at radius 2 is 1.50 bits per heavy atom. The van der Waals surface area contributed by atoms with Crippen molar-refractivity contribution in [2.45, 2.75) is 38.7 Å². The maximum absolute atomic E-state index is 13.1. The summed E-state index contributed by atoms with van der Waals surface area (Å²) in [5, 5.41) is 0. The van der Waals surface area contributed by atoms with Crippen LogP contribution in [0.15, 0.2) is 85.2 Å². The van der Waals surface area contributed by atoms with Gasteiger partial charge < -0.3 is 14.4 Å². The number of pyridine rings is 2. The van der Waals surface area contributed by atoms with Gasteiger partial charge in [0.25, 0.3) is 5.91 Å². The van der Waals surface area contributed by atoms with Gasteiger partial charge in [0.15, 0.2) is 5.78 Å². The minimum Gasteiger partial charge on any atom is -0.490 e. The zero-order chi connectivity index (χ0) is 29.5. The number of benzene rings is 2. The van der Waals surface area contributed by atoms with Crippen molar-refractivity contribution in [3.63, 3.8) is 0 Å². The lowest BCUT2D eigenvalue weighted by molar-refractivity contribution is -0.116. The van der Waals surface area contributed by atoms with E-state index in [9.17, 15) is 18.8 Å². The standard InChI is InChI=1S/C33H30FN3O5/c1-22(38)18-23-2-8-27(9-3-23)41-29-14-16-37(17-15-29)33(40)25-5-12-30(35-21-25)31(39)19-24-4-13-32(36-20-24)42-28-10-6-26(34)7-11-28/h2-13,20-21,29H,14-19H2,1H3. The molecule has 0 bridgehead atoms. The van der Waals surface area contributed by atoms with E-state index in [4.69, 9.17) is 9.47 Å². The maximum atomic E-state index is 13.1. The van der Waals surface area contributed by atoms with Crippen molar-refractivity contribution in [2.24, 2.45) is 0 Å². The van der Waals surface area contributed by atoms with Crippen LogP contribution in [0.25, 0.3) is 0 Å². The van der Waals surface area contributed by atoms with E-state index in [0.717, 1.165) is 11.3 Å². The van der Waals surface area contributed by atoms with Crippen molar-refractivity contribution in [3.8, 4) is 17.4 Å². The number of halogens is 1. The van der Waals surface area contributed by atoms with Gasteiger partial charge in [-0.05, 0) is 66.6 Å². The summed E-state index contributed by atoms with van der Waals surface area (Å²) in [6.45, 7) is 2.68. The Morgan fingerprint density at radius 1 is 0.810 bits per heavy atom. The van der Waals surface area contributed by atoms with Crippen LogP contribution in [0.5, 0.6) is 17.4 Å². The number of ether oxygens (including phenoxy) is 2. The van der Waals surface area contributed by atoms with E-state index in [1.165, 1.54) is 30.5 Å². The third kappa shape index (κ3) is 7.63. The molecule has 1 aliphatic rings. The highest BCUT2D eigenvalue weighted by molar-refractivity contribution is 5.98. The van der Waals surface area contributed by atoms with E-state index in [0.29, 0.717) is 55.1 Å². The molecule has 8 nitrogen and oxygen atoms in total. The fourth-order valence-corrected chi connectivity index (χ4v) is 4.69. The molecule has 0 aliphatic carbocycles. The van der Waals surface area contributed by atoms with Gasteiger partial charge in [-0.25, -0.2) is 9.37 Å². The molecule has 214 valence electrons. The van der Waals surface area contributed by atoms with Gasteiger partial charge in [0.2, 0.25) is 5.88 Å². The van der Waals surface area contributed by atoms with Gasteiger partial charge in [0.1, 0.15) is 34.9 Å². The molecule has 0 atom stereocenters. The Hall–Kier alpha value is -4.92. The molecule has 9 heteroatoms. The van der Waals surface area contributed by atoms with Crippen molar-refractivity contribution in [3.05, 3.63) is 113 Å². The highest BCUT2D eigenvalue weighted by Gasteiger charge is 2.25. The average molecular weight is 568 g/mol. The van der Waals surface area contributed by atoms with E-state index in [-0.39, 0.29) is 41.5 Å². The maximum Gasteiger partial charge on any atom is 0.255 e. The number of piperidine rings is 1. The molecule has 3 heterocycles. The van der Waals surface area contributed by atoms with Gasteiger partial charge in [-0.1, -0.05) is 18.2 Å². The molecule has 4 aromatic rings. The Bertz CT molecular complexity index is 1530. The van der Waals surface area contributed by atoms with Crippen LogP contribution in [0, 0.1) is 5.82 Å². The summed E-state index contributed by atoms with van der Waals surface area (Å²) in [5.41, 5.74) is 2.33. The summed E-state index contributed by atoms with van der Waals surface area (Å²) in [6.07, 6.45) is 4.90. The summed E-state index contributed by atoms with van der Waals surface area (Å²) >= 11 is 0. The molecule has 42 heavy (non-hydrogen) atoms. The van der Waals surface area contributed by atoms with Crippen molar-refractivity contribution in [1.82, 2.24) is 14.9 Å². The number of amides is 1. The van der Waals surface area contributed by atoms with Gasteiger partial charge >= 0.3 is 0 Å². The van der Waals surface area contributed by atoms with Crippen LogP contribution in [0.2, 0.25) is 0 Å². The smallest absolute Gasteiger partial charge is 0.255 e. The first-order valence-corrected chi connectivity index (χ1v) is 13.7. The predicted octanol–water partition coefficient (Wildman–Crippen LogP) is 5.65. The predicted molar refractivity (Wildman–Crippen MR) is 153 cm³/mol. The van der Waals surface area contributed by atoms with E-state index in [1.54, 1.807) is 42.3 Å². The Morgan fingerprint density at radius 3 is 2.12 bits per heavy atom. The summed E-state index contributed by atoms with van der Waals surface area (Å²) in [4.78, 5) is 47.3. The summed E-state index contributed by atoms with van der Waals surface area (Å²) in [7, 11) is 0. The number of carbonyl (C=O) groups excluding carboxylic acids is 3. The number of carbonyl (C=O) groups is 3. The third-order valence-electron chi connectivity index (χ3n) is 6.90. The second kappa shape index (κ2) is 13.2. The summed E-state index contributed by atoms with van der Waals surface area (Å²) < 4.78 is 24.7. The molecule has 1 saturated heterocycles. The normalized spacial score (nSPS) is 13.4. The van der Waals surface area contributed by atoms with Gasteiger partial charge in [0, 0.05) is 57.2 Å². The van der Waals surface area contributed by atoms with Crippen molar-refractivity contribution in [2.75, 3.05) is 13.1 Å². The molecule has 0 spiro atoms. The van der Waals surface area contributed by atoms with Crippen LogP contribution < -0.4 is 9.47 Å². The molecular formula is C33H30FN3O5. The molecule has 5 rings (SSSR count). The minimum absolute atomic E-state index is 0.00357. The van der Waals surface area contributed by atoms with Crippen molar-refractivity contribution in [1.29, 1.82) is 0 Å². The highest BCUT2D eigenvalue weighted by Crippen LogP contribution is 2.22. The fraction of sp³-hybridized carbons (Fsp3) is 0.242. The first kappa shape index (κ1) is 28.6. The topological polar surface area (TPSA) is 98.7 Å². The van der Waals surface area contributed by atoms with Gasteiger partial charge in [0.05, 0.1) is 5.56 Å². The molecule has 2 aromatic carbocycles. The van der Waals surface area contributed by atoms with E-state index < -0.39 is 0 Å². The number of nitrogens with zero attached hydrogens (tertiary/aromatic N) is 3. The second-order valence-electron chi connectivity index (χ2n) is 10.2. The monoisotopic (exact) mass is 567 g/mol. The average Bonchev–Trinajstić information content (AvgIpc) is 3.00. The Balaban J connectivity index is 1.09. The van der Waals surface area contributed by atoms with E-state index in [1.807, 2.05) is 24.3 Å². The van der Waals surface area contributed by atoms with Crippen molar-refractivity contribution >= 4 is 17.5 Å². The van der Waals surface area contributed by atoms with Crippen LogP contribution in [0.4, 0.5) is 4.39 Å². The molecule has 1 aliphatic heterocycles. The SMILES string of the molecule is CC(=O)Cc1ccc(OC2CCN(C(=O)c3ccc(C(=O)Cc4ccc(Oc5ccc(F)cc5)nc4)nc3)CC2)cc1. The highest BCUT2D eigenvalue weighted by atomic mass is 19.1. The lowest BCUT2D eigenvalue weighted by Crippen LogP contribution is -2.41. The number of hydrogen-bond acceptors (Lipinski definition) is 7. The molecule has 1 fully saturated rings. The number of hydrogen-bond donors (Lipinski definition) is 0. The largest absolute Gasteiger partial charge is 0.490 e. The molecule has 2 aromatic heterocycles. The Kier molecular flexibility index (Phi) is 8.96. The van der Waals surface area contributed by atoms with Gasteiger partial charge in [-0.3, -0.25) is 19.4 Å². The van der Waals surface area contributed by atoms with E-state index in [2.05, 4.69) is 9.97 Å². The van der Waals surface area contributed by atoms with Crippen LogP contribution >= 0.6 is 0 Å². The first-order chi connectivity index (χ1) is 20.3. The summed E-state index contributed by atoms with van der Waals surface area (Å²) in [6, 6.07) is 19.7. The zero-order valence-electron chi connectivity index (χ0n) is 23.2. The first-order valence-electron chi connectivity index (χ1n) is 13.7. The van der Waals surface area contributed by atoms with Gasteiger partial charge in [-0.2, -0.15) is 0 Å². The summed E-state index contributed by atoms with van der Waals surface area (Å²) in [5.74, 6) is 0.971. The molecule has 0 unspecified atom stereocenters. The minimum atomic E-state index is -0.354. The van der Waals surface area contributed by atoms with Gasteiger partial charge in [-0.15, -0.1) is 0 Å². The second-order valence-corrected chi connectivity index (χ2v) is 10.2. The van der Waals surface area contributed by atoms with Crippen LogP contribution in [-0.4, -0.2) is 51.5 Å². The lowest BCUT2D eigenvalue weighted by Gasteiger charge is -2.32. The zero-order valence-corrected chi connectivity index (χ0v) is 23.2.